The van der Waals surface area contributed by atoms with E-state index < -0.39 is 0 Å². The lowest BCUT2D eigenvalue weighted by molar-refractivity contribution is -0.134. The second-order valence-corrected chi connectivity index (χ2v) is 6.70. The summed E-state index contributed by atoms with van der Waals surface area (Å²) in [5.74, 6) is 0.528. The largest absolute Gasteiger partial charge is 0.353 e. The molecule has 2 fully saturated rings. The molecule has 1 saturated carbocycles. The molecule has 124 valence electrons. The minimum Gasteiger partial charge on any atom is -0.353 e. The minimum absolute atomic E-state index is 0.0583. The first-order chi connectivity index (χ1) is 10.6. The Kier molecular flexibility index (Phi) is 6.40. The maximum absolute atomic E-state index is 12.2. The maximum Gasteiger partial charge on any atom is 0.223 e. The summed E-state index contributed by atoms with van der Waals surface area (Å²) in [6.07, 6.45) is 7.93. The summed E-state index contributed by atoms with van der Waals surface area (Å²) >= 11 is 0. The zero-order valence-electron chi connectivity index (χ0n) is 13.6. The summed E-state index contributed by atoms with van der Waals surface area (Å²) in [5.41, 5.74) is 0. The van der Waals surface area contributed by atoms with Crippen LogP contribution >= 0.6 is 0 Å². The van der Waals surface area contributed by atoms with Gasteiger partial charge < -0.3 is 15.0 Å². The second-order valence-electron chi connectivity index (χ2n) is 6.70. The van der Waals surface area contributed by atoms with Crippen LogP contribution in [0.15, 0.2) is 0 Å². The number of piperidine rings is 1. The number of hydrogen-bond donors (Lipinski definition) is 1. The molecule has 1 N–H and O–H groups in total. The van der Waals surface area contributed by atoms with Crippen LogP contribution in [0.3, 0.4) is 0 Å². The van der Waals surface area contributed by atoms with Crippen molar-refractivity contribution in [3.63, 3.8) is 0 Å². The van der Waals surface area contributed by atoms with Gasteiger partial charge in [0.1, 0.15) is 5.78 Å². The van der Waals surface area contributed by atoms with Gasteiger partial charge in [0.05, 0.1) is 0 Å². The van der Waals surface area contributed by atoms with Crippen molar-refractivity contribution in [1.29, 1.82) is 0 Å². The number of amides is 2. The van der Waals surface area contributed by atoms with Gasteiger partial charge in [0.15, 0.2) is 0 Å². The molecule has 5 heteroatoms. The molecule has 0 atom stereocenters. The number of hydrogen-bond acceptors (Lipinski definition) is 3. The normalized spacial score (nSPS) is 20.7. The van der Waals surface area contributed by atoms with Gasteiger partial charge in [-0.2, -0.15) is 0 Å². The third-order valence-electron chi connectivity index (χ3n) is 4.86. The molecule has 2 amide bonds. The fourth-order valence-electron chi connectivity index (χ4n) is 3.40. The van der Waals surface area contributed by atoms with Crippen LogP contribution in [0.25, 0.3) is 0 Å². The fourth-order valence-corrected chi connectivity index (χ4v) is 3.40. The van der Waals surface area contributed by atoms with E-state index in [1.165, 1.54) is 26.2 Å². The number of carbonyl (C=O) groups excluding carboxylic acids is 3. The summed E-state index contributed by atoms with van der Waals surface area (Å²) < 4.78 is 0. The summed E-state index contributed by atoms with van der Waals surface area (Å²) in [6.45, 7) is 2.89. The molecular weight excluding hydrogens is 280 g/mol. The van der Waals surface area contributed by atoms with Crippen molar-refractivity contribution in [2.45, 2.75) is 70.8 Å². The predicted molar refractivity (Wildman–Crippen MR) is 84.2 cm³/mol. The van der Waals surface area contributed by atoms with Gasteiger partial charge in [-0.05, 0) is 32.6 Å². The van der Waals surface area contributed by atoms with Crippen LogP contribution in [-0.4, -0.2) is 41.6 Å². The Hall–Kier alpha value is -1.39. The van der Waals surface area contributed by atoms with E-state index >= 15 is 0 Å². The van der Waals surface area contributed by atoms with Crippen molar-refractivity contribution >= 4 is 17.6 Å². The quantitative estimate of drug-likeness (QED) is 0.845. The number of nitrogens with zero attached hydrogens (tertiary/aromatic N) is 1. The highest BCUT2D eigenvalue weighted by atomic mass is 16.2. The number of carbonyl (C=O) groups is 3. The molecule has 5 nitrogen and oxygen atoms in total. The first-order valence-corrected chi connectivity index (χ1v) is 8.64. The van der Waals surface area contributed by atoms with Gasteiger partial charge in [-0.3, -0.25) is 9.59 Å². The van der Waals surface area contributed by atoms with E-state index in [1.807, 2.05) is 4.90 Å². The standard InChI is InChI=1S/C17H28N2O3/c1-13(20)7-8-16(21)19-11-9-15(10-12-19)18-17(22)14-5-3-2-4-6-14/h14-15H,2-12H2,1H3,(H,18,22). The van der Waals surface area contributed by atoms with Gasteiger partial charge in [-0.1, -0.05) is 19.3 Å². The van der Waals surface area contributed by atoms with Gasteiger partial charge >= 0.3 is 0 Å². The van der Waals surface area contributed by atoms with Crippen LogP contribution in [0.1, 0.15) is 64.7 Å². The molecule has 0 radical (unpaired) electrons. The molecule has 1 saturated heterocycles. The molecule has 2 aliphatic rings. The van der Waals surface area contributed by atoms with Crippen LogP contribution < -0.4 is 5.32 Å². The van der Waals surface area contributed by atoms with Gasteiger partial charge in [0.2, 0.25) is 11.8 Å². The Morgan fingerprint density at radius 1 is 0.955 bits per heavy atom. The van der Waals surface area contributed by atoms with E-state index in [0.717, 1.165) is 25.7 Å². The van der Waals surface area contributed by atoms with Crippen LogP contribution in [0.2, 0.25) is 0 Å². The van der Waals surface area contributed by atoms with E-state index in [0.29, 0.717) is 25.9 Å². The highest BCUT2D eigenvalue weighted by molar-refractivity contribution is 5.83. The maximum atomic E-state index is 12.2. The van der Waals surface area contributed by atoms with E-state index in [2.05, 4.69) is 5.32 Å². The Labute approximate surface area is 132 Å². The van der Waals surface area contributed by atoms with Gasteiger partial charge in [-0.15, -0.1) is 0 Å². The van der Waals surface area contributed by atoms with E-state index in [1.54, 1.807) is 0 Å². The monoisotopic (exact) mass is 308 g/mol. The van der Waals surface area contributed by atoms with Crippen molar-refractivity contribution < 1.29 is 14.4 Å². The number of nitrogens with one attached hydrogen (secondary N) is 1. The lowest BCUT2D eigenvalue weighted by Crippen LogP contribution is -2.48. The molecule has 2 rings (SSSR count). The number of Topliss-reactive ketones (excluding diaryl/α,β-unsaturated/α-hetero) is 1. The molecule has 0 aromatic rings. The van der Waals surface area contributed by atoms with E-state index in [4.69, 9.17) is 0 Å². The molecule has 0 bridgehead atoms. The first-order valence-electron chi connectivity index (χ1n) is 8.64. The molecular formula is C17H28N2O3. The molecule has 0 unspecified atom stereocenters. The highest BCUT2D eigenvalue weighted by Gasteiger charge is 2.27. The summed E-state index contributed by atoms with van der Waals surface area (Å²) in [5, 5.41) is 3.17. The Morgan fingerprint density at radius 3 is 2.18 bits per heavy atom. The molecule has 0 aromatic heterocycles. The molecule has 1 heterocycles. The smallest absolute Gasteiger partial charge is 0.223 e. The third kappa shape index (κ3) is 5.11. The van der Waals surface area contributed by atoms with Crippen molar-refractivity contribution in [2.75, 3.05) is 13.1 Å². The fraction of sp³-hybridized carbons (Fsp3) is 0.824. The molecule has 22 heavy (non-hydrogen) atoms. The molecule has 0 aromatic carbocycles. The Balaban J connectivity index is 1.69. The minimum atomic E-state index is 0.0583. The second kappa shape index (κ2) is 8.30. The molecule has 0 spiro atoms. The van der Waals surface area contributed by atoms with E-state index in [-0.39, 0.29) is 29.6 Å². The summed E-state index contributed by atoms with van der Waals surface area (Å²) in [4.78, 5) is 37.0. The predicted octanol–water partition coefficient (Wildman–Crippen LogP) is 2.04. The van der Waals surface area contributed by atoms with Crippen molar-refractivity contribution in [3.8, 4) is 0 Å². The third-order valence-corrected chi connectivity index (χ3v) is 4.86. The van der Waals surface area contributed by atoms with E-state index in [9.17, 15) is 14.4 Å². The first kappa shape index (κ1) is 17.0. The van der Waals surface area contributed by atoms with Crippen LogP contribution in [-0.2, 0) is 14.4 Å². The Bertz CT molecular complexity index is 408. The van der Waals surface area contributed by atoms with Crippen molar-refractivity contribution in [1.82, 2.24) is 10.2 Å². The van der Waals surface area contributed by atoms with Gasteiger partial charge in [0, 0.05) is 37.9 Å². The number of likely N-dealkylation sites (tertiary alicyclic amines) is 1. The number of rotatable bonds is 5. The summed E-state index contributed by atoms with van der Waals surface area (Å²) in [6, 6.07) is 0.200. The lowest BCUT2D eigenvalue weighted by atomic mass is 9.88. The van der Waals surface area contributed by atoms with Crippen LogP contribution in [0.4, 0.5) is 0 Å². The topological polar surface area (TPSA) is 66.5 Å². The Morgan fingerprint density at radius 2 is 1.59 bits per heavy atom. The lowest BCUT2D eigenvalue weighted by Gasteiger charge is -2.33. The van der Waals surface area contributed by atoms with Crippen LogP contribution in [0.5, 0.6) is 0 Å². The molecule has 1 aliphatic carbocycles. The SMILES string of the molecule is CC(=O)CCC(=O)N1CCC(NC(=O)C2CCCCC2)CC1. The molecule has 1 aliphatic heterocycles. The van der Waals surface area contributed by atoms with Gasteiger partial charge in [0.25, 0.3) is 0 Å². The average Bonchev–Trinajstić information content (AvgIpc) is 2.54. The highest BCUT2D eigenvalue weighted by Crippen LogP contribution is 2.24. The average molecular weight is 308 g/mol. The summed E-state index contributed by atoms with van der Waals surface area (Å²) in [7, 11) is 0. The zero-order valence-corrected chi connectivity index (χ0v) is 13.6. The van der Waals surface area contributed by atoms with Crippen molar-refractivity contribution in [2.24, 2.45) is 5.92 Å². The van der Waals surface area contributed by atoms with Crippen LogP contribution in [0, 0.1) is 5.92 Å². The zero-order chi connectivity index (χ0) is 15.9. The van der Waals surface area contributed by atoms with Crippen molar-refractivity contribution in [3.05, 3.63) is 0 Å². The number of ketones is 1. The van der Waals surface area contributed by atoms with Gasteiger partial charge in [-0.25, -0.2) is 0 Å².